The van der Waals surface area contributed by atoms with Crippen LogP contribution >= 0.6 is 0 Å². The van der Waals surface area contributed by atoms with Gasteiger partial charge in [0, 0.05) is 18.1 Å². The molecule has 1 aromatic carbocycles. The number of carbonyl (C=O) groups is 1. The number of nitrogens with zero attached hydrogens (tertiary/aromatic N) is 2. The van der Waals surface area contributed by atoms with Crippen LogP contribution in [0.3, 0.4) is 0 Å². The lowest BCUT2D eigenvalue weighted by atomic mass is 10.2. The van der Waals surface area contributed by atoms with E-state index in [4.69, 9.17) is 5.73 Å². The Bertz CT molecular complexity index is 554. The minimum atomic E-state index is -0.374. The number of ether oxygens (including phenoxy) is 1. The molecule has 2 rings (SSSR count). The number of aromatic nitrogens is 2. The van der Waals surface area contributed by atoms with Crippen molar-refractivity contribution in [2.45, 2.75) is 0 Å². The zero-order valence-corrected chi connectivity index (χ0v) is 9.75. The van der Waals surface area contributed by atoms with E-state index in [9.17, 15) is 4.79 Å². The maximum atomic E-state index is 11.3. The zero-order valence-electron chi connectivity index (χ0n) is 9.75. The van der Waals surface area contributed by atoms with Gasteiger partial charge in [-0.15, -0.1) is 0 Å². The first-order chi connectivity index (χ1) is 8.70. The Kier molecular flexibility index (Phi) is 3.38. The predicted molar refractivity (Wildman–Crippen MR) is 67.5 cm³/mol. The van der Waals surface area contributed by atoms with Gasteiger partial charge in [0.15, 0.2) is 11.6 Å². The molecule has 0 atom stereocenters. The summed E-state index contributed by atoms with van der Waals surface area (Å²) in [5, 5.41) is 3.01. The highest BCUT2D eigenvalue weighted by Crippen LogP contribution is 2.18. The van der Waals surface area contributed by atoms with Crippen LogP contribution in [0, 0.1) is 0 Å². The van der Waals surface area contributed by atoms with Gasteiger partial charge in [0.1, 0.15) is 0 Å². The molecular weight excluding hydrogens is 232 g/mol. The second kappa shape index (κ2) is 5.13. The van der Waals surface area contributed by atoms with Gasteiger partial charge in [0.25, 0.3) is 0 Å². The van der Waals surface area contributed by atoms with Crippen molar-refractivity contribution in [3.05, 3.63) is 42.2 Å². The predicted octanol–water partition coefficient (Wildman–Crippen LogP) is 1.59. The Morgan fingerprint density at radius 2 is 1.89 bits per heavy atom. The maximum absolute atomic E-state index is 11.3. The number of methoxy groups -OCH3 is 1. The van der Waals surface area contributed by atoms with Crippen molar-refractivity contribution in [2.24, 2.45) is 0 Å². The highest BCUT2D eigenvalue weighted by molar-refractivity contribution is 5.89. The van der Waals surface area contributed by atoms with Crippen LogP contribution in [0.2, 0.25) is 0 Å². The topological polar surface area (TPSA) is 90.1 Å². The number of hydrogen-bond acceptors (Lipinski definition) is 6. The molecular formula is C12H12N4O2. The monoisotopic (exact) mass is 244 g/mol. The van der Waals surface area contributed by atoms with Crippen LogP contribution in [0.15, 0.2) is 36.7 Å². The third kappa shape index (κ3) is 2.54. The molecule has 0 radical (unpaired) electrons. The smallest absolute Gasteiger partial charge is 0.337 e. The molecule has 1 aromatic heterocycles. The SMILES string of the molecule is COC(=O)c1ccc(Nc2nccnc2N)cc1. The number of nitrogens with one attached hydrogen (secondary N) is 1. The number of benzene rings is 1. The van der Waals surface area contributed by atoms with Gasteiger partial charge in [-0.25, -0.2) is 14.8 Å². The highest BCUT2D eigenvalue weighted by atomic mass is 16.5. The van der Waals surface area contributed by atoms with Crippen LogP contribution in [-0.2, 0) is 4.74 Å². The number of nitrogen functional groups attached to an aromatic ring is 1. The van der Waals surface area contributed by atoms with Gasteiger partial charge in [-0.2, -0.15) is 0 Å². The summed E-state index contributed by atoms with van der Waals surface area (Å²) in [7, 11) is 1.34. The molecule has 0 spiro atoms. The summed E-state index contributed by atoms with van der Waals surface area (Å²) < 4.78 is 4.61. The Labute approximate surface area is 104 Å². The van der Waals surface area contributed by atoms with Crippen LogP contribution in [0.25, 0.3) is 0 Å². The Morgan fingerprint density at radius 1 is 1.22 bits per heavy atom. The second-order valence-electron chi connectivity index (χ2n) is 3.48. The van der Waals surface area contributed by atoms with Gasteiger partial charge in [-0.3, -0.25) is 0 Å². The van der Waals surface area contributed by atoms with Crippen LogP contribution < -0.4 is 11.1 Å². The molecule has 0 amide bonds. The first kappa shape index (κ1) is 11.8. The van der Waals surface area contributed by atoms with E-state index in [1.54, 1.807) is 30.5 Å². The van der Waals surface area contributed by atoms with Crippen molar-refractivity contribution in [1.29, 1.82) is 0 Å². The summed E-state index contributed by atoms with van der Waals surface area (Å²) in [5.74, 6) is 0.415. The molecule has 18 heavy (non-hydrogen) atoms. The summed E-state index contributed by atoms with van der Waals surface area (Å²) in [6.45, 7) is 0. The van der Waals surface area contributed by atoms with E-state index >= 15 is 0 Å². The molecule has 6 nitrogen and oxygen atoms in total. The quantitative estimate of drug-likeness (QED) is 0.797. The summed E-state index contributed by atoms with van der Waals surface area (Å²) >= 11 is 0. The van der Waals surface area contributed by atoms with Gasteiger partial charge in [0.2, 0.25) is 0 Å². The van der Waals surface area contributed by atoms with Crippen LogP contribution in [0.4, 0.5) is 17.3 Å². The van der Waals surface area contributed by atoms with Crippen LogP contribution in [0.1, 0.15) is 10.4 Å². The molecule has 3 N–H and O–H groups in total. The van der Waals surface area contributed by atoms with E-state index in [2.05, 4.69) is 20.0 Å². The van der Waals surface area contributed by atoms with E-state index in [0.717, 1.165) is 5.69 Å². The van der Waals surface area contributed by atoms with E-state index < -0.39 is 0 Å². The first-order valence-corrected chi connectivity index (χ1v) is 5.22. The molecule has 0 fully saturated rings. The Morgan fingerprint density at radius 3 is 2.50 bits per heavy atom. The standard InChI is InChI=1S/C12H12N4O2/c1-18-12(17)8-2-4-9(5-3-8)16-11-10(13)14-6-7-15-11/h2-7H,1H3,(H2,13,14)(H,15,16). The van der Waals surface area contributed by atoms with Crippen molar-refractivity contribution < 1.29 is 9.53 Å². The molecule has 0 aliphatic carbocycles. The van der Waals surface area contributed by atoms with E-state index in [0.29, 0.717) is 17.2 Å². The van der Waals surface area contributed by atoms with E-state index in [1.807, 2.05) is 0 Å². The molecule has 0 unspecified atom stereocenters. The van der Waals surface area contributed by atoms with Gasteiger partial charge < -0.3 is 15.8 Å². The lowest BCUT2D eigenvalue weighted by molar-refractivity contribution is 0.0601. The normalized spacial score (nSPS) is 9.83. The average molecular weight is 244 g/mol. The van der Waals surface area contributed by atoms with Crippen LogP contribution in [-0.4, -0.2) is 23.0 Å². The maximum Gasteiger partial charge on any atom is 0.337 e. The zero-order chi connectivity index (χ0) is 13.0. The fourth-order valence-corrected chi connectivity index (χ4v) is 1.39. The minimum absolute atomic E-state index is 0.314. The van der Waals surface area contributed by atoms with Crippen molar-refractivity contribution in [3.8, 4) is 0 Å². The molecule has 0 aliphatic rings. The Hall–Kier alpha value is -2.63. The van der Waals surface area contributed by atoms with Crippen LogP contribution in [0.5, 0.6) is 0 Å². The van der Waals surface area contributed by atoms with Gasteiger partial charge >= 0.3 is 5.97 Å². The van der Waals surface area contributed by atoms with Gasteiger partial charge in [-0.05, 0) is 24.3 Å². The average Bonchev–Trinajstić information content (AvgIpc) is 2.41. The van der Waals surface area contributed by atoms with Crippen molar-refractivity contribution in [1.82, 2.24) is 9.97 Å². The summed E-state index contributed by atoms with van der Waals surface area (Å²) in [6, 6.07) is 6.78. The van der Waals surface area contributed by atoms with Crippen molar-refractivity contribution in [2.75, 3.05) is 18.2 Å². The Balaban J connectivity index is 2.16. The summed E-state index contributed by atoms with van der Waals surface area (Å²) in [6.07, 6.45) is 3.06. The van der Waals surface area contributed by atoms with Gasteiger partial charge in [-0.1, -0.05) is 0 Å². The molecule has 6 heteroatoms. The number of hydrogen-bond donors (Lipinski definition) is 2. The third-order valence-corrected chi connectivity index (χ3v) is 2.30. The molecule has 1 heterocycles. The number of nitrogens with two attached hydrogens (primary N) is 1. The minimum Gasteiger partial charge on any atom is -0.465 e. The molecule has 0 saturated heterocycles. The molecule has 92 valence electrons. The highest BCUT2D eigenvalue weighted by Gasteiger charge is 2.05. The van der Waals surface area contributed by atoms with Crippen molar-refractivity contribution >= 4 is 23.3 Å². The van der Waals surface area contributed by atoms with E-state index in [1.165, 1.54) is 13.3 Å². The third-order valence-electron chi connectivity index (χ3n) is 2.30. The fraction of sp³-hybridized carbons (Fsp3) is 0.0833. The largest absolute Gasteiger partial charge is 0.465 e. The lowest BCUT2D eigenvalue weighted by Crippen LogP contribution is -2.02. The number of rotatable bonds is 3. The molecule has 2 aromatic rings. The molecule has 0 bridgehead atoms. The summed E-state index contributed by atoms with van der Waals surface area (Å²) in [4.78, 5) is 19.2. The summed E-state index contributed by atoms with van der Waals surface area (Å²) in [5.41, 5.74) is 6.90. The first-order valence-electron chi connectivity index (χ1n) is 5.22. The molecule has 0 aliphatic heterocycles. The number of anilines is 3. The van der Waals surface area contributed by atoms with E-state index in [-0.39, 0.29) is 5.97 Å². The number of carbonyl (C=O) groups excluding carboxylic acids is 1. The second-order valence-corrected chi connectivity index (χ2v) is 3.48. The molecule has 0 saturated carbocycles. The number of esters is 1. The van der Waals surface area contributed by atoms with Gasteiger partial charge in [0.05, 0.1) is 12.7 Å². The van der Waals surface area contributed by atoms with Crippen molar-refractivity contribution in [3.63, 3.8) is 0 Å². The lowest BCUT2D eigenvalue weighted by Gasteiger charge is -2.07. The fourth-order valence-electron chi connectivity index (χ4n) is 1.39.